The van der Waals surface area contributed by atoms with Crippen LogP contribution in [0.3, 0.4) is 0 Å². The van der Waals surface area contributed by atoms with Crippen LogP contribution in [0.25, 0.3) is 0 Å². The van der Waals surface area contributed by atoms with Crippen molar-refractivity contribution in [3.05, 3.63) is 36.2 Å². The molecule has 1 atom stereocenters. The molecule has 1 fully saturated rings. The first kappa shape index (κ1) is 17.7. The van der Waals surface area contributed by atoms with E-state index in [9.17, 15) is 4.79 Å². The van der Waals surface area contributed by atoms with E-state index >= 15 is 0 Å². The van der Waals surface area contributed by atoms with Gasteiger partial charge in [-0.25, -0.2) is 4.98 Å². The normalized spacial score (nSPS) is 17.8. The fourth-order valence-corrected chi connectivity index (χ4v) is 3.61. The highest BCUT2D eigenvalue weighted by Gasteiger charge is 2.27. The molecule has 25 heavy (non-hydrogen) atoms. The number of aromatic nitrogens is 4. The summed E-state index contributed by atoms with van der Waals surface area (Å²) in [5.74, 6) is 1.73. The van der Waals surface area contributed by atoms with Crippen LogP contribution in [0.4, 0.5) is 0 Å². The third-order valence-corrected chi connectivity index (χ3v) is 5.11. The van der Waals surface area contributed by atoms with Crippen LogP contribution in [-0.2, 0) is 17.9 Å². The first-order valence-electron chi connectivity index (χ1n) is 9.46. The zero-order valence-corrected chi connectivity index (χ0v) is 15.4. The lowest BCUT2D eigenvalue weighted by atomic mass is 9.96. The highest BCUT2D eigenvalue weighted by atomic mass is 16.2. The molecule has 2 aromatic rings. The number of hydrogen-bond acceptors (Lipinski definition) is 3. The van der Waals surface area contributed by atoms with Gasteiger partial charge in [-0.3, -0.25) is 9.48 Å². The predicted molar refractivity (Wildman–Crippen MR) is 97.3 cm³/mol. The molecule has 2 aromatic heterocycles. The van der Waals surface area contributed by atoms with Crippen molar-refractivity contribution in [3.63, 3.8) is 0 Å². The molecular formula is C19H29N5O. The van der Waals surface area contributed by atoms with Crippen LogP contribution in [0.15, 0.2) is 24.7 Å². The van der Waals surface area contributed by atoms with E-state index in [1.54, 1.807) is 6.20 Å². The van der Waals surface area contributed by atoms with Gasteiger partial charge in [-0.05, 0) is 32.3 Å². The number of amides is 1. The Morgan fingerprint density at radius 3 is 2.96 bits per heavy atom. The summed E-state index contributed by atoms with van der Waals surface area (Å²) in [4.78, 5) is 19.2. The van der Waals surface area contributed by atoms with E-state index < -0.39 is 0 Å². The van der Waals surface area contributed by atoms with Gasteiger partial charge in [0.15, 0.2) is 0 Å². The number of aryl methyl sites for hydroxylation is 3. The van der Waals surface area contributed by atoms with Gasteiger partial charge < -0.3 is 9.47 Å². The predicted octanol–water partition coefficient (Wildman–Crippen LogP) is 2.98. The lowest BCUT2D eigenvalue weighted by molar-refractivity contribution is -0.132. The van der Waals surface area contributed by atoms with Crippen LogP contribution in [0.1, 0.15) is 56.5 Å². The highest BCUT2D eigenvalue weighted by Crippen LogP contribution is 2.26. The maximum absolute atomic E-state index is 12.6. The van der Waals surface area contributed by atoms with E-state index in [0.29, 0.717) is 18.9 Å². The molecular weight excluding hydrogens is 314 g/mol. The average Bonchev–Trinajstić information content (AvgIpc) is 3.26. The first-order valence-corrected chi connectivity index (χ1v) is 9.46. The first-order chi connectivity index (χ1) is 12.2. The Morgan fingerprint density at radius 1 is 1.32 bits per heavy atom. The zero-order chi connectivity index (χ0) is 17.6. The van der Waals surface area contributed by atoms with Gasteiger partial charge in [0.1, 0.15) is 5.82 Å². The Balaban J connectivity index is 1.58. The van der Waals surface area contributed by atoms with Gasteiger partial charge in [-0.15, -0.1) is 0 Å². The van der Waals surface area contributed by atoms with Crippen molar-refractivity contribution in [2.75, 3.05) is 13.1 Å². The van der Waals surface area contributed by atoms with E-state index in [0.717, 1.165) is 44.0 Å². The van der Waals surface area contributed by atoms with Crippen molar-refractivity contribution in [1.29, 1.82) is 0 Å². The smallest absolute Gasteiger partial charge is 0.224 e. The summed E-state index contributed by atoms with van der Waals surface area (Å²) in [5, 5.41) is 4.26. The van der Waals surface area contributed by atoms with Crippen LogP contribution in [0.5, 0.6) is 0 Å². The van der Waals surface area contributed by atoms with Gasteiger partial charge in [-0.2, -0.15) is 5.10 Å². The van der Waals surface area contributed by atoms with Gasteiger partial charge in [0, 0.05) is 62.8 Å². The topological polar surface area (TPSA) is 56.0 Å². The van der Waals surface area contributed by atoms with E-state index in [2.05, 4.69) is 27.8 Å². The molecule has 0 N–H and O–H groups in total. The summed E-state index contributed by atoms with van der Waals surface area (Å²) >= 11 is 0. The van der Waals surface area contributed by atoms with Crippen molar-refractivity contribution in [2.24, 2.45) is 0 Å². The van der Waals surface area contributed by atoms with E-state index in [-0.39, 0.29) is 5.91 Å². The van der Waals surface area contributed by atoms with Gasteiger partial charge in [0.05, 0.1) is 0 Å². The molecule has 3 heterocycles. The summed E-state index contributed by atoms with van der Waals surface area (Å²) in [6, 6.07) is 1.97. The standard InChI is InChI=1S/C19H29N5O/c1-3-4-11-22-14-10-20-19(22)17-6-5-12-23(15-17)18(25)8-13-24-16(2)7-9-21-24/h7,9-10,14,17H,3-6,8,11-13,15H2,1-2H3/t17-/m0/s1. The quantitative estimate of drug-likeness (QED) is 0.776. The lowest BCUT2D eigenvalue weighted by Crippen LogP contribution is -2.40. The molecule has 6 nitrogen and oxygen atoms in total. The maximum Gasteiger partial charge on any atom is 0.224 e. The number of carbonyl (C=O) groups is 1. The SMILES string of the molecule is CCCCn1ccnc1[C@H]1CCCN(C(=O)CCn2nccc2C)C1. The largest absolute Gasteiger partial charge is 0.342 e. The summed E-state index contributed by atoms with van der Waals surface area (Å²) in [6.07, 6.45) is 10.8. The number of rotatable bonds is 7. The van der Waals surface area contributed by atoms with Crippen molar-refractivity contribution in [1.82, 2.24) is 24.2 Å². The minimum Gasteiger partial charge on any atom is -0.342 e. The molecule has 0 saturated carbocycles. The minimum absolute atomic E-state index is 0.228. The Morgan fingerprint density at radius 2 is 2.20 bits per heavy atom. The van der Waals surface area contributed by atoms with Crippen molar-refractivity contribution < 1.29 is 4.79 Å². The number of hydrogen-bond donors (Lipinski definition) is 0. The van der Waals surface area contributed by atoms with Crippen LogP contribution in [0.2, 0.25) is 0 Å². The maximum atomic E-state index is 12.6. The Bertz CT molecular complexity index is 690. The van der Waals surface area contributed by atoms with Crippen molar-refractivity contribution in [3.8, 4) is 0 Å². The molecule has 0 bridgehead atoms. The lowest BCUT2D eigenvalue weighted by Gasteiger charge is -2.33. The molecule has 0 aliphatic carbocycles. The average molecular weight is 343 g/mol. The van der Waals surface area contributed by atoms with Crippen molar-refractivity contribution in [2.45, 2.75) is 65.0 Å². The molecule has 0 radical (unpaired) electrons. The van der Waals surface area contributed by atoms with Gasteiger partial charge in [0.25, 0.3) is 0 Å². The molecule has 1 saturated heterocycles. The number of nitrogens with zero attached hydrogens (tertiary/aromatic N) is 5. The van der Waals surface area contributed by atoms with E-state index in [1.807, 2.05) is 28.8 Å². The van der Waals surface area contributed by atoms with Gasteiger partial charge >= 0.3 is 0 Å². The second-order valence-electron chi connectivity index (χ2n) is 6.96. The summed E-state index contributed by atoms with van der Waals surface area (Å²) in [6.45, 7) is 7.56. The number of imidazole rings is 1. The summed E-state index contributed by atoms with van der Waals surface area (Å²) in [7, 11) is 0. The zero-order valence-electron chi connectivity index (χ0n) is 15.4. The third-order valence-electron chi connectivity index (χ3n) is 5.11. The molecule has 136 valence electrons. The van der Waals surface area contributed by atoms with Crippen LogP contribution in [0, 0.1) is 6.92 Å². The third kappa shape index (κ3) is 4.30. The highest BCUT2D eigenvalue weighted by molar-refractivity contribution is 5.76. The molecule has 0 aromatic carbocycles. The van der Waals surface area contributed by atoms with Crippen molar-refractivity contribution >= 4 is 5.91 Å². The minimum atomic E-state index is 0.228. The fourth-order valence-electron chi connectivity index (χ4n) is 3.61. The number of piperidine rings is 1. The monoisotopic (exact) mass is 343 g/mol. The molecule has 0 spiro atoms. The second kappa shape index (κ2) is 8.32. The molecule has 3 rings (SSSR count). The Labute approximate surface area is 149 Å². The number of unbranched alkanes of at least 4 members (excludes halogenated alkanes) is 1. The van der Waals surface area contributed by atoms with Gasteiger partial charge in [0.2, 0.25) is 5.91 Å². The molecule has 1 amide bonds. The fraction of sp³-hybridized carbons (Fsp3) is 0.632. The van der Waals surface area contributed by atoms with E-state index in [1.165, 1.54) is 12.8 Å². The Hall–Kier alpha value is -2.11. The molecule has 1 aliphatic heterocycles. The van der Waals surface area contributed by atoms with Crippen LogP contribution >= 0.6 is 0 Å². The van der Waals surface area contributed by atoms with Crippen LogP contribution in [-0.4, -0.2) is 43.2 Å². The summed E-state index contributed by atoms with van der Waals surface area (Å²) in [5.41, 5.74) is 1.10. The van der Waals surface area contributed by atoms with E-state index in [4.69, 9.17) is 0 Å². The number of carbonyl (C=O) groups excluding carboxylic acids is 1. The molecule has 1 aliphatic rings. The van der Waals surface area contributed by atoms with Crippen LogP contribution < -0.4 is 0 Å². The number of likely N-dealkylation sites (tertiary alicyclic amines) is 1. The second-order valence-corrected chi connectivity index (χ2v) is 6.96. The van der Waals surface area contributed by atoms with Gasteiger partial charge in [-0.1, -0.05) is 13.3 Å². The molecule has 6 heteroatoms. The molecule has 0 unspecified atom stereocenters. The Kier molecular flexibility index (Phi) is 5.89. The summed E-state index contributed by atoms with van der Waals surface area (Å²) < 4.78 is 4.17.